The molecule has 4 aromatic rings. The van der Waals surface area contributed by atoms with Crippen LogP contribution in [0.5, 0.6) is 0 Å². The minimum Gasteiger partial charge on any atom is -0.374 e. The molecule has 8 heteroatoms. The molecule has 0 spiro atoms. The van der Waals surface area contributed by atoms with Crippen LogP contribution in [0.25, 0.3) is 0 Å². The van der Waals surface area contributed by atoms with Crippen molar-refractivity contribution < 1.29 is 13.9 Å². The van der Waals surface area contributed by atoms with Crippen molar-refractivity contribution >= 4 is 11.6 Å². The highest BCUT2D eigenvalue weighted by atomic mass is 35.5. The number of aromatic nitrogens is 3. The normalized spacial score (nSPS) is 12.7. The van der Waals surface area contributed by atoms with Crippen molar-refractivity contribution in [3.05, 3.63) is 124 Å². The molecular weight excluding hydrogens is 458 g/mol. The largest absolute Gasteiger partial charge is 0.374 e. The first-order chi connectivity index (χ1) is 16.3. The number of alkyl halides is 2. The van der Waals surface area contributed by atoms with Crippen LogP contribution in [-0.2, 0) is 11.5 Å². The maximum absolute atomic E-state index is 15.9. The molecule has 2 aromatic carbocycles. The molecule has 1 N–H and O–H groups in total. The van der Waals surface area contributed by atoms with Crippen molar-refractivity contribution in [2.75, 3.05) is 0 Å². The standard InChI is InChI=1S/C26H15ClF2N4O/c27-23-9-7-21(8-10-23)25(34,22-15-31-17-32-16-22)26(28,29)24-11-6-19(14-33-24)5-4-18-2-1-3-20(12-18)13-30/h1-3,6-12,14-17,34H. The first-order valence-corrected chi connectivity index (χ1v) is 10.3. The second kappa shape index (κ2) is 9.36. The number of nitrogens with zero attached hydrogens (tertiary/aromatic N) is 4. The number of rotatable bonds is 4. The highest BCUT2D eigenvalue weighted by molar-refractivity contribution is 6.30. The monoisotopic (exact) mass is 472 g/mol. The Balaban J connectivity index is 1.72. The van der Waals surface area contributed by atoms with Gasteiger partial charge in [0.1, 0.15) is 12.0 Å². The number of aliphatic hydroxyl groups is 1. The lowest BCUT2D eigenvalue weighted by Gasteiger charge is -2.36. The molecule has 2 aromatic heterocycles. The van der Waals surface area contributed by atoms with Crippen LogP contribution in [0.2, 0.25) is 5.02 Å². The van der Waals surface area contributed by atoms with E-state index < -0.39 is 17.2 Å². The first kappa shape index (κ1) is 23.0. The van der Waals surface area contributed by atoms with Gasteiger partial charge in [0.25, 0.3) is 0 Å². The molecule has 0 aliphatic rings. The van der Waals surface area contributed by atoms with E-state index >= 15 is 8.78 Å². The molecule has 2 heterocycles. The van der Waals surface area contributed by atoms with E-state index in [0.29, 0.717) is 21.7 Å². The van der Waals surface area contributed by atoms with Gasteiger partial charge in [-0.05, 0) is 48.0 Å². The fourth-order valence-corrected chi connectivity index (χ4v) is 3.48. The lowest BCUT2D eigenvalue weighted by Crippen LogP contribution is -2.45. The summed E-state index contributed by atoms with van der Waals surface area (Å²) in [6.07, 6.45) is 4.64. The van der Waals surface area contributed by atoms with Gasteiger partial charge in [0.05, 0.1) is 11.6 Å². The Morgan fingerprint density at radius 1 is 0.824 bits per heavy atom. The molecule has 0 saturated carbocycles. The molecule has 0 amide bonds. The van der Waals surface area contributed by atoms with Crippen LogP contribution in [0.3, 0.4) is 0 Å². The second-order valence-electron chi connectivity index (χ2n) is 7.29. The van der Waals surface area contributed by atoms with Gasteiger partial charge in [0, 0.05) is 40.3 Å². The number of pyridine rings is 1. The fraction of sp³-hybridized carbons (Fsp3) is 0.0769. The van der Waals surface area contributed by atoms with E-state index in [4.69, 9.17) is 16.9 Å². The molecule has 4 rings (SSSR count). The van der Waals surface area contributed by atoms with E-state index in [1.54, 1.807) is 24.3 Å². The number of halogens is 3. The molecule has 0 bridgehead atoms. The number of benzene rings is 2. The summed E-state index contributed by atoms with van der Waals surface area (Å²) >= 11 is 5.91. The van der Waals surface area contributed by atoms with Crippen LogP contribution in [0.1, 0.15) is 33.5 Å². The van der Waals surface area contributed by atoms with Crippen molar-refractivity contribution in [3.8, 4) is 17.9 Å². The third kappa shape index (κ3) is 4.35. The summed E-state index contributed by atoms with van der Waals surface area (Å²) in [5.74, 6) is 1.85. The van der Waals surface area contributed by atoms with E-state index in [-0.39, 0.29) is 11.1 Å². The van der Waals surface area contributed by atoms with Gasteiger partial charge in [-0.15, -0.1) is 0 Å². The molecule has 1 atom stereocenters. The summed E-state index contributed by atoms with van der Waals surface area (Å²) in [4.78, 5) is 11.5. The molecule has 0 radical (unpaired) electrons. The lowest BCUT2D eigenvalue weighted by molar-refractivity contribution is -0.174. The number of nitriles is 1. The van der Waals surface area contributed by atoms with Gasteiger partial charge >= 0.3 is 5.92 Å². The number of hydrogen-bond donors (Lipinski definition) is 1. The first-order valence-electron chi connectivity index (χ1n) is 9.95. The van der Waals surface area contributed by atoms with Crippen molar-refractivity contribution in [1.29, 1.82) is 5.26 Å². The number of hydrogen-bond acceptors (Lipinski definition) is 5. The quantitative estimate of drug-likeness (QED) is 0.430. The van der Waals surface area contributed by atoms with Crippen LogP contribution in [0.4, 0.5) is 8.78 Å². The summed E-state index contributed by atoms with van der Waals surface area (Å²) in [6, 6.07) is 16.7. The van der Waals surface area contributed by atoms with Gasteiger partial charge in [-0.2, -0.15) is 14.0 Å². The van der Waals surface area contributed by atoms with E-state index in [1.165, 1.54) is 42.9 Å². The van der Waals surface area contributed by atoms with Crippen molar-refractivity contribution in [2.45, 2.75) is 11.5 Å². The lowest BCUT2D eigenvalue weighted by atomic mass is 9.80. The molecule has 5 nitrogen and oxygen atoms in total. The average Bonchev–Trinajstić information content (AvgIpc) is 2.88. The maximum atomic E-state index is 15.9. The second-order valence-corrected chi connectivity index (χ2v) is 7.73. The minimum atomic E-state index is -3.86. The zero-order valence-electron chi connectivity index (χ0n) is 17.5. The highest BCUT2D eigenvalue weighted by Gasteiger charge is 2.57. The Morgan fingerprint density at radius 2 is 1.50 bits per heavy atom. The average molecular weight is 473 g/mol. The predicted molar refractivity (Wildman–Crippen MR) is 122 cm³/mol. The molecule has 166 valence electrons. The van der Waals surface area contributed by atoms with Gasteiger partial charge in [0.2, 0.25) is 0 Å². The van der Waals surface area contributed by atoms with E-state index in [1.807, 2.05) is 6.07 Å². The van der Waals surface area contributed by atoms with Crippen molar-refractivity contribution in [2.24, 2.45) is 0 Å². The van der Waals surface area contributed by atoms with Crippen LogP contribution >= 0.6 is 11.6 Å². The van der Waals surface area contributed by atoms with Gasteiger partial charge in [0.15, 0.2) is 5.60 Å². The zero-order chi connectivity index (χ0) is 24.2. The molecular formula is C26H15ClF2N4O. The Hall–Kier alpha value is -4.17. The molecule has 0 aliphatic carbocycles. The van der Waals surface area contributed by atoms with E-state index in [0.717, 1.165) is 18.5 Å². The van der Waals surface area contributed by atoms with Crippen LogP contribution < -0.4 is 0 Å². The Labute approximate surface area is 199 Å². The zero-order valence-corrected chi connectivity index (χ0v) is 18.2. The Morgan fingerprint density at radius 3 is 2.15 bits per heavy atom. The van der Waals surface area contributed by atoms with Crippen LogP contribution in [0, 0.1) is 23.2 Å². The topological polar surface area (TPSA) is 82.7 Å². The summed E-state index contributed by atoms with van der Waals surface area (Å²) in [6.45, 7) is 0. The summed E-state index contributed by atoms with van der Waals surface area (Å²) < 4.78 is 31.7. The minimum absolute atomic E-state index is 0.0975. The highest BCUT2D eigenvalue weighted by Crippen LogP contribution is 2.48. The summed E-state index contributed by atoms with van der Waals surface area (Å²) in [7, 11) is 0. The molecule has 0 fully saturated rings. The van der Waals surface area contributed by atoms with Gasteiger partial charge in [-0.1, -0.05) is 41.6 Å². The molecule has 1 unspecified atom stereocenters. The molecule has 0 aliphatic heterocycles. The molecule has 34 heavy (non-hydrogen) atoms. The Kier molecular flexibility index (Phi) is 6.34. The van der Waals surface area contributed by atoms with Crippen molar-refractivity contribution in [1.82, 2.24) is 15.0 Å². The van der Waals surface area contributed by atoms with E-state index in [9.17, 15) is 5.11 Å². The smallest absolute Gasteiger partial charge is 0.326 e. The summed E-state index contributed by atoms with van der Waals surface area (Å²) in [5.41, 5.74) is -2.31. The Bertz CT molecular complexity index is 1410. The predicted octanol–water partition coefficient (Wildman–Crippen LogP) is 4.82. The van der Waals surface area contributed by atoms with Gasteiger partial charge < -0.3 is 5.11 Å². The van der Waals surface area contributed by atoms with E-state index in [2.05, 4.69) is 26.8 Å². The van der Waals surface area contributed by atoms with Gasteiger partial charge in [-0.25, -0.2) is 9.97 Å². The SMILES string of the molecule is N#Cc1cccc(C#Cc2ccc(C(F)(F)C(O)(c3ccc(Cl)cc3)c3cncnc3)nc2)c1. The molecule has 0 saturated heterocycles. The summed E-state index contributed by atoms with van der Waals surface area (Å²) in [5, 5.41) is 20.7. The van der Waals surface area contributed by atoms with Crippen molar-refractivity contribution in [3.63, 3.8) is 0 Å². The van der Waals surface area contributed by atoms with Gasteiger partial charge in [-0.3, -0.25) is 4.98 Å². The maximum Gasteiger partial charge on any atom is 0.326 e. The van der Waals surface area contributed by atoms with Crippen LogP contribution in [0.15, 0.2) is 85.6 Å². The third-order valence-corrected chi connectivity index (χ3v) is 5.37. The fourth-order valence-electron chi connectivity index (χ4n) is 3.36. The van der Waals surface area contributed by atoms with Crippen LogP contribution in [-0.4, -0.2) is 20.1 Å². The third-order valence-electron chi connectivity index (χ3n) is 5.12.